The van der Waals surface area contributed by atoms with Crippen molar-refractivity contribution in [2.75, 3.05) is 0 Å². The van der Waals surface area contributed by atoms with E-state index < -0.39 is 5.82 Å². The minimum Gasteiger partial charge on any atom is -0.320 e. The molecule has 1 atom stereocenters. The predicted octanol–water partition coefficient (Wildman–Crippen LogP) is 4.14. The molecule has 2 aromatic rings. The molecule has 0 aliphatic rings. The summed E-state index contributed by atoms with van der Waals surface area (Å²) in [6.07, 6.45) is 0. The van der Waals surface area contributed by atoms with Crippen LogP contribution in [0.25, 0.3) is 0 Å². The average Bonchev–Trinajstić information content (AvgIpc) is 2.35. The fraction of sp³-hybridized carbons (Fsp3) is 0.200. The van der Waals surface area contributed by atoms with Crippen molar-refractivity contribution in [3.63, 3.8) is 0 Å². The first-order valence-electron chi connectivity index (χ1n) is 5.77. The number of nitrogens with two attached hydrogens (primary N) is 1. The van der Waals surface area contributed by atoms with Crippen molar-refractivity contribution in [3.8, 4) is 0 Å². The second-order valence-electron chi connectivity index (χ2n) is 4.44. The molecule has 3 heteroatoms. The van der Waals surface area contributed by atoms with Gasteiger partial charge in [-0.05, 0) is 48.2 Å². The molecule has 0 heterocycles. The first-order chi connectivity index (χ1) is 8.50. The summed E-state index contributed by atoms with van der Waals surface area (Å²) in [5.74, 6) is -0.423. The maximum Gasteiger partial charge on any atom is 0.141 e. The molecule has 0 radical (unpaired) electrons. The van der Waals surface area contributed by atoms with Crippen LogP contribution in [-0.4, -0.2) is 0 Å². The van der Waals surface area contributed by atoms with E-state index in [1.54, 1.807) is 12.1 Å². The zero-order valence-corrected chi connectivity index (χ0v) is 11.1. The summed E-state index contributed by atoms with van der Waals surface area (Å²) in [6.45, 7) is 4.08. The second kappa shape index (κ2) is 5.09. The zero-order valence-electron chi connectivity index (χ0n) is 10.4. The van der Waals surface area contributed by atoms with Crippen LogP contribution in [0.3, 0.4) is 0 Å². The van der Waals surface area contributed by atoms with Crippen LogP contribution in [0.15, 0.2) is 36.4 Å². The highest BCUT2D eigenvalue weighted by molar-refractivity contribution is 6.30. The van der Waals surface area contributed by atoms with Crippen molar-refractivity contribution < 1.29 is 4.39 Å². The van der Waals surface area contributed by atoms with Crippen LogP contribution in [0, 0.1) is 19.7 Å². The lowest BCUT2D eigenvalue weighted by atomic mass is 9.93. The molecule has 1 unspecified atom stereocenters. The number of hydrogen-bond acceptors (Lipinski definition) is 1. The van der Waals surface area contributed by atoms with Crippen LogP contribution in [0.2, 0.25) is 5.02 Å². The van der Waals surface area contributed by atoms with Crippen molar-refractivity contribution in [1.29, 1.82) is 0 Å². The Kier molecular flexibility index (Phi) is 3.69. The zero-order chi connectivity index (χ0) is 13.3. The molecule has 2 rings (SSSR count). The normalized spacial score (nSPS) is 12.5. The van der Waals surface area contributed by atoms with E-state index in [0.717, 1.165) is 16.7 Å². The van der Waals surface area contributed by atoms with Gasteiger partial charge in [0.05, 0.1) is 11.1 Å². The Morgan fingerprint density at radius 2 is 1.89 bits per heavy atom. The Bertz CT molecular complexity index is 581. The van der Waals surface area contributed by atoms with Crippen molar-refractivity contribution >= 4 is 11.6 Å². The maximum atomic E-state index is 13.1. The van der Waals surface area contributed by atoms with Crippen molar-refractivity contribution in [1.82, 2.24) is 0 Å². The number of hydrogen-bond donors (Lipinski definition) is 1. The topological polar surface area (TPSA) is 26.0 Å². The summed E-state index contributed by atoms with van der Waals surface area (Å²) in [7, 11) is 0. The van der Waals surface area contributed by atoms with Crippen LogP contribution in [0.1, 0.15) is 28.3 Å². The van der Waals surface area contributed by atoms with Gasteiger partial charge in [-0.3, -0.25) is 0 Å². The largest absolute Gasteiger partial charge is 0.320 e. The van der Waals surface area contributed by atoms with Crippen molar-refractivity contribution in [2.45, 2.75) is 19.9 Å². The Labute approximate surface area is 111 Å². The third-order valence-electron chi connectivity index (χ3n) is 3.28. The Morgan fingerprint density at radius 1 is 1.17 bits per heavy atom. The third-order valence-corrected chi connectivity index (χ3v) is 3.57. The lowest BCUT2D eigenvalue weighted by Crippen LogP contribution is -2.13. The second-order valence-corrected chi connectivity index (χ2v) is 4.85. The molecule has 0 amide bonds. The van der Waals surface area contributed by atoms with Gasteiger partial charge >= 0.3 is 0 Å². The number of benzene rings is 2. The molecule has 2 N–H and O–H groups in total. The molecule has 0 aliphatic heterocycles. The highest BCUT2D eigenvalue weighted by Gasteiger charge is 2.13. The summed E-state index contributed by atoms with van der Waals surface area (Å²) in [5.41, 5.74) is 10.4. The quantitative estimate of drug-likeness (QED) is 0.866. The molecule has 1 nitrogen and oxygen atoms in total. The van der Waals surface area contributed by atoms with Gasteiger partial charge in [-0.25, -0.2) is 4.39 Å². The minimum absolute atomic E-state index is 0.105. The summed E-state index contributed by atoms with van der Waals surface area (Å²) in [4.78, 5) is 0. The van der Waals surface area contributed by atoms with Crippen molar-refractivity contribution in [3.05, 3.63) is 69.5 Å². The highest BCUT2D eigenvalue weighted by Crippen LogP contribution is 2.27. The van der Waals surface area contributed by atoms with E-state index in [0.29, 0.717) is 0 Å². The van der Waals surface area contributed by atoms with Crippen LogP contribution >= 0.6 is 11.6 Å². The fourth-order valence-corrected chi connectivity index (χ4v) is 2.19. The van der Waals surface area contributed by atoms with Gasteiger partial charge in [-0.15, -0.1) is 0 Å². The minimum atomic E-state index is -0.423. The molecule has 0 fully saturated rings. The smallest absolute Gasteiger partial charge is 0.141 e. The van der Waals surface area contributed by atoms with Crippen molar-refractivity contribution in [2.24, 2.45) is 5.73 Å². The van der Waals surface area contributed by atoms with Gasteiger partial charge in [0.15, 0.2) is 0 Å². The maximum absolute atomic E-state index is 13.1. The Balaban J connectivity index is 2.44. The Morgan fingerprint density at radius 3 is 2.56 bits per heavy atom. The van der Waals surface area contributed by atoms with E-state index in [2.05, 4.69) is 0 Å². The van der Waals surface area contributed by atoms with Gasteiger partial charge in [0.2, 0.25) is 0 Å². The summed E-state index contributed by atoms with van der Waals surface area (Å²) < 4.78 is 13.1. The molecular formula is C15H15ClFN. The molecule has 0 spiro atoms. The van der Waals surface area contributed by atoms with Crippen LogP contribution in [0.5, 0.6) is 0 Å². The van der Waals surface area contributed by atoms with Gasteiger partial charge in [0, 0.05) is 0 Å². The molecule has 0 aromatic heterocycles. The molecule has 2 aromatic carbocycles. The third kappa shape index (κ3) is 2.40. The summed E-state index contributed by atoms with van der Waals surface area (Å²) in [5, 5.41) is 0.105. The van der Waals surface area contributed by atoms with Gasteiger partial charge in [0.1, 0.15) is 5.82 Å². The average molecular weight is 264 g/mol. The number of rotatable bonds is 2. The molecule has 0 saturated carbocycles. The molecule has 18 heavy (non-hydrogen) atoms. The van der Waals surface area contributed by atoms with E-state index in [9.17, 15) is 4.39 Å². The van der Waals surface area contributed by atoms with Gasteiger partial charge in [-0.1, -0.05) is 35.9 Å². The summed E-state index contributed by atoms with van der Waals surface area (Å²) >= 11 is 5.79. The van der Waals surface area contributed by atoms with E-state index in [4.69, 9.17) is 17.3 Å². The molecule has 0 bridgehead atoms. The summed E-state index contributed by atoms with van der Waals surface area (Å²) in [6, 6.07) is 10.3. The van der Waals surface area contributed by atoms with Crippen LogP contribution in [0.4, 0.5) is 4.39 Å². The first-order valence-corrected chi connectivity index (χ1v) is 6.15. The fourth-order valence-electron chi connectivity index (χ4n) is 2.00. The highest BCUT2D eigenvalue weighted by atomic mass is 35.5. The SMILES string of the molecule is Cc1cccc(C(N)c2ccc(F)c(Cl)c2)c1C. The predicted molar refractivity (Wildman–Crippen MR) is 73.4 cm³/mol. The van der Waals surface area contributed by atoms with E-state index in [1.165, 1.54) is 11.6 Å². The molecule has 0 aliphatic carbocycles. The number of aryl methyl sites for hydroxylation is 1. The van der Waals surface area contributed by atoms with Crippen LogP contribution < -0.4 is 5.73 Å². The Hall–Kier alpha value is -1.38. The molecular weight excluding hydrogens is 249 g/mol. The number of halogens is 2. The van der Waals surface area contributed by atoms with E-state index >= 15 is 0 Å². The standard InChI is InChI=1S/C15H15ClFN/c1-9-4-3-5-12(10(9)2)15(18)11-6-7-14(17)13(16)8-11/h3-8,15H,18H2,1-2H3. The van der Waals surface area contributed by atoms with Gasteiger partial charge in [0.25, 0.3) is 0 Å². The van der Waals surface area contributed by atoms with E-state index in [1.807, 2.05) is 32.0 Å². The van der Waals surface area contributed by atoms with Crippen LogP contribution in [-0.2, 0) is 0 Å². The molecule has 0 saturated heterocycles. The first kappa shape index (κ1) is 13.1. The van der Waals surface area contributed by atoms with E-state index in [-0.39, 0.29) is 11.1 Å². The van der Waals surface area contributed by atoms with Gasteiger partial charge in [-0.2, -0.15) is 0 Å². The van der Waals surface area contributed by atoms with Gasteiger partial charge < -0.3 is 5.73 Å². The molecule has 94 valence electrons. The lowest BCUT2D eigenvalue weighted by Gasteiger charge is -2.17. The lowest BCUT2D eigenvalue weighted by molar-refractivity contribution is 0.626. The monoisotopic (exact) mass is 263 g/mol.